The molecular formula is C14H17N5O. The van der Waals surface area contributed by atoms with E-state index < -0.39 is 0 Å². The zero-order valence-corrected chi connectivity index (χ0v) is 11.3. The summed E-state index contributed by atoms with van der Waals surface area (Å²) in [4.78, 5) is 13.3. The number of nitrogens with zero attached hydrogens (tertiary/aromatic N) is 2. The Balaban J connectivity index is 1.68. The van der Waals surface area contributed by atoms with Gasteiger partial charge in [-0.05, 0) is 37.3 Å². The smallest absolute Gasteiger partial charge is 0.321 e. The lowest BCUT2D eigenvalue weighted by Gasteiger charge is -2.17. The molecule has 1 aromatic heterocycles. The van der Waals surface area contributed by atoms with Crippen LogP contribution in [0.25, 0.3) is 0 Å². The summed E-state index contributed by atoms with van der Waals surface area (Å²) in [7, 11) is 0. The maximum Gasteiger partial charge on any atom is 0.321 e. The largest absolute Gasteiger partial charge is 0.377 e. The number of carbonyl (C=O) groups is 1. The molecule has 1 fully saturated rings. The van der Waals surface area contributed by atoms with Crippen molar-refractivity contribution in [2.75, 3.05) is 23.3 Å². The molecule has 20 heavy (non-hydrogen) atoms. The number of urea groups is 1. The van der Waals surface area contributed by atoms with Crippen LogP contribution in [0.2, 0.25) is 0 Å². The number of benzene rings is 1. The Labute approximate surface area is 117 Å². The number of hydrogen-bond donors (Lipinski definition) is 3. The molecule has 104 valence electrons. The summed E-state index contributed by atoms with van der Waals surface area (Å²) in [6.45, 7) is 3.49. The number of carbonyl (C=O) groups excluding carboxylic acids is 1. The summed E-state index contributed by atoms with van der Waals surface area (Å²) in [5, 5.41) is 13.1. The van der Waals surface area contributed by atoms with Crippen LogP contribution in [0.1, 0.15) is 18.7 Å². The van der Waals surface area contributed by atoms with Gasteiger partial charge in [0.15, 0.2) is 0 Å². The average molecular weight is 271 g/mol. The Morgan fingerprint density at radius 3 is 2.70 bits per heavy atom. The summed E-state index contributed by atoms with van der Waals surface area (Å²) in [5.74, 6) is 0. The third-order valence-corrected chi connectivity index (χ3v) is 3.41. The second-order valence-corrected chi connectivity index (χ2v) is 4.81. The molecule has 3 rings (SSSR count). The van der Waals surface area contributed by atoms with Gasteiger partial charge in [0.25, 0.3) is 0 Å². The van der Waals surface area contributed by atoms with Gasteiger partial charge in [-0.25, -0.2) is 4.79 Å². The Morgan fingerprint density at radius 1 is 1.30 bits per heavy atom. The Hall–Kier alpha value is -2.50. The Morgan fingerprint density at radius 2 is 2.10 bits per heavy atom. The van der Waals surface area contributed by atoms with Crippen LogP contribution in [-0.4, -0.2) is 29.3 Å². The summed E-state index contributed by atoms with van der Waals surface area (Å²) >= 11 is 0. The number of nitrogens with one attached hydrogen (secondary N) is 3. The molecule has 0 spiro atoms. The maximum absolute atomic E-state index is 11.6. The van der Waals surface area contributed by atoms with E-state index in [2.05, 4.69) is 27.8 Å². The first-order valence-corrected chi connectivity index (χ1v) is 6.65. The highest BCUT2D eigenvalue weighted by Crippen LogP contribution is 2.22. The topological polar surface area (TPSA) is 73.0 Å². The molecule has 2 amide bonds. The van der Waals surface area contributed by atoms with E-state index in [4.69, 9.17) is 0 Å². The second kappa shape index (κ2) is 5.24. The molecule has 1 aliphatic rings. The standard InChI is InChI=1S/C14H17N5O/c1-10(13-6-7-16-18-13)17-11-2-4-12(5-3-11)19-9-8-15-14(19)20/h2-7,10,17H,8-9H2,1H3,(H,15,20)(H,16,18). The van der Waals surface area contributed by atoms with E-state index in [1.54, 1.807) is 11.1 Å². The van der Waals surface area contributed by atoms with Crippen LogP contribution in [0.5, 0.6) is 0 Å². The van der Waals surface area contributed by atoms with Crippen molar-refractivity contribution in [3.8, 4) is 0 Å². The molecule has 6 nitrogen and oxygen atoms in total. The number of aromatic nitrogens is 2. The highest BCUT2D eigenvalue weighted by molar-refractivity contribution is 5.94. The number of rotatable bonds is 4. The third kappa shape index (κ3) is 2.45. The predicted molar refractivity (Wildman–Crippen MR) is 77.8 cm³/mol. The van der Waals surface area contributed by atoms with Crippen molar-refractivity contribution in [2.24, 2.45) is 0 Å². The van der Waals surface area contributed by atoms with Crippen LogP contribution in [0.3, 0.4) is 0 Å². The molecular weight excluding hydrogens is 254 g/mol. The molecule has 1 aliphatic heterocycles. The SMILES string of the molecule is CC(Nc1ccc(N2CCNC2=O)cc1)c1ccn[nH]1. The van der Waals surface area contributed by atoms with Crippen molar-refractivity contribution in [1.29, 1.82) is 0 Å². The third-order valence-electron chi connectivity index (χ3n) is 3.41. The van der Waals surface area contributed by atoms with Gasteiger partial charge >= 0.3 is 6.03 Å². The van der Waals surface area contributed by atoms with Gasteiger partial charge in [0, 0.05) is 30.7 Å². The maximum atomic E-state index is 11.6. The van der Waals surface area contributed by atoms with Gasteiger partial charge in [-0.1, -0.05) is 0 Å². The van der Waals surface area contributed by atoms with Gasteiger partial charge < -0.3 is 10.6 Å². The molecule has 1 unspecified atom stereocenters. The molecule has 2 heterocycles. The first kappa shape index (κ1) is 12.5. The minimum absolute atomic E-state index is 0.0310. The molecule has 1 saturated heterocycles. The van der Waals surface area contributed by atoms with Crippen molar-refractivity contribution in [1.82, 2.24) is 15.5 Å². The van der Waals surface area contributed by atoms with Gasteiger partial charge in [0.1, 0.15) is 0 Å². The van der Waals surface area contributed by atoms with Gasteiger partial charge in [-0.15, -0.1) is 0 Å². The molecule has 2 aromatic rings. The van der Waals surface area contributed by atoms with Crippen molar-refractivity contribution < 1.29 is 4.79 Å². The summed E-state index contributed by atoms with van der Waals surface area (Å²) < 4.78 is 0. The number of aromatic amines is 1. The van der Waals surface area contributed by atoms with Crippen molar-refractivity contribution >= 4 is 17.4 Å². The fraction of sp³-hybridized carbons (Fsp3) is 0.286. The lowest BCUT2D eigenvalue weighted by Crippen LogP contribution is -2.27. The molecule has 6 heteroatoms. The summed E-state index contributed by atoms with van der Waals surface area (Å²) in [6, 6.07) is 9.93. The van der Waals surface area contributed by atoms with Gasteiger partial charge in [-0.3, -0.25) is 10.00 Å². The number of H-pyrrole nitrogens is 1. The van der Waals surface area contributed by atoms with Gasteiger partial charge in [-0.2, -0.15) is 5.10 Å². The molecule has 1 atom stereocenters. The Bertz CT molecular complexity index is 578. The summed E-state index contributed by atoms with van der Waals surface area (Å²) in [6.07, 6.45) is 1.74. The highest BCUT2D eigenvalue weighted by Gasteiger charge is 2.20. The Kier molecular flexibility index (Phi) is 3.28. The monoisotopic (exact) mass is 271 g/mol. The van der Waals surface area contributed by atoms with E-state index in [9.17, 15) is 4.79 Å². The van der Waals surface area contributed by atoms with E-state index in [1.165, 1.54) is 0 Å². The number of anilines is 2. The van der Waals surface area contributed by atoms with E-state index in [-0.39, 0.29) is 12.1 Å². The first-order chi connectivity index (χ1) is 9.74. The molecule has 1 aromatic carbocycles. The summed E-state index contributed by atoms with van der Waals surface area (Å²) in [5.41, 5.74) is 2.96. The van der Waals surface area contributed by atoms with E-state index in [0.717, 1.165) is 23.6 Å². The van der Waals surface area contributed by atoms with Crippen LogP contribution in [0.15, 0.2) is 36.5 Å². The van der Waals surface area contributed by atoms with E-state index >= 15 is 0 Å². The lowest BCUT2D eigenvalue weighted by molar-refractivity contribution is 0.252. The zero-order valence-electron chi connectivity index (χ0n) is 11.3. The predicted octanol–water partition coefficient (Wildman–Crippen LogP) is 2.11. The highest BCUT2D eigenvalue weighted by atomic mass is 16.2. The normalized spacial score (nSPS) is 16.1. The van der Waals surface area contributed by atoms with Crippen LogP contribution in [0, 0.1) is 0 Å². The van der Waals surface area contributed by atoms with Crippen molar-refractivity contribution in [3.63, 3.8) is 0 Å². The second-order valence-electron chi connectivity index (χ2n) is 4.81. The van der Waals surface area contributed by atoms with E-state index in [1.807, 2.05) is 30.3 Å². The van der Waals surface area contributed by atoms with Crippen molar-refractivity contribution in [3.05, 3.63) is 42.2 Å². The first-order valence-electron chi connectivity index (χ1n) is 6.65. The fourth-order valence-electron chi connectivity index (χ4n) is 2.29. The van der Waals surface area contributed by atoms with Crippen molar-refractivity contribution in [2.45, 2.75) is 13.0 Å². The molecule has 3 N–H and O–H groups in total. The number of hydrogen-bond acceptors (Lipinski definition) is 3. The molecule has 0 bridgehead atoms. The van der Waals surface area contributed by atoms with Crippen LogP contribution >= 0.6 is 0 Å². The zero-order chi connectivity index (χ0) is 13.9. The minimum atomic E-state index is -0.0310. The van der Waals surface area contributed by atoms with Gasteiger partial charge in [0.05, 0.1) is 11.7 Å². The fourth-order valence-corrected chi connectivity index (χ4v) is 2.29. The average Bonchev–Trinajstić information content (AvgIpc) is 3.11. The minimum Gasteiger partial charge on any atom is -0.377 e. The number of amides is 2. The molecule has 0 saturated carbocycles. The van der Waals surface area contributed by atoms with E-state index in [0.29, 0.717) is 6.54 Å². The molecule has 0 radical (unpaired) electrons. The van der Waals surface area contributed by atoms with Gasteiger partial charge in [0.2, 0.25) is 0 Å². The quantitative estimate of drug-likeness (QED) is 0.797. The lowest BCUT2D eigenvalue weighted by atomic mass is 10.2. The van der Waals surface area contributed by atoms with Crippen LogP contribution in [-0.2, 0) is 0 Å². The van der Waals surface area contributed by atoms with Crippen LogP contribution in [0.4, 0.5) is 16.2 Å². The molecule has 0 aliphatic carbocycles. The van der Waals surface area contributed by atoms with Crippen LogP contribution < -0.4 is 15.5 Å².